The minimum atomic E-state index is -4.33. The normalized spacial score (nSPS) is 11.4. The lowest BCUT2D eigenvalue weighted by Gasteiger charge is -2.09. The Hall–Kier alpha value is -1.68. The van der Waals surface area contributed by atoms with E-state index in [0.717, 1.165) is 17.7 Å². The highest BCUT2D eigenvalue weighted by Crippen LogP contribution is 2.29. The minimum Gasteiger partial charge on any atom is -0.380 e. The third-order valence-corrected chi connectivity index (χ3v) is 2.79. The van der Waals surface area contributed by atoms with Crippen molar-refractivity contribution in [1.82, 2.24) is 0 Å². The molecule has 0 aliphatic carbocycles. The van der Waals surface area contributed by atoms with Crippen molar-refractivity contribution in [1.29, 1.82) is 0 Å². The molecule has 2 aromatic carbocycles. The predicted molar refractivity (Wildman–Crippen MR) is 69.1 cm³/mol. The second kappa shape index (κ2) is 5.53. The summed E-state index contributed by atoms with van der Waals surface area (Å²) in [4.78, 5) is 0. The number of anilines is 1. The predicted octanol–water partition coefficient (Wildman–Crippen LogP) is 4.77. The van der Waals surface area contributed by atoms with E-state index in [4.69, 9.17) is 11.6 Å². The molecule has 2 aromatic rings. The van der Waals surface area contributed by atoms with Gasteiger partial charge in [-0.15, -0.1) is 0 Å². The van der Waals surface area contributed by atoms with Crippen LogP contribution in [0.3, 0.4) is 0 Å². The summed E-state index contributed by atoms with van der Waals surface area (Å²) in [5.74, 6) is 0. The highest BCUT2D eigenvalue weighted by Gasteiger charge is 2.29. The number of hydrogen-bond donors (Lipinski definition) is 1. The van der Waals surface area contributed by atoms with Crippen molar-refractivity contribution < 1.29 is 13.2 Å². The SMILES string of the molecule is FC(F)(F)c1c[c]c(NCc2ccc(Cl)cc2)cc1. The first-order valence-electron chi connectivity index (χ1n) is 5.52. The van der Waals surface area contributed by atoms with Gasteiger partial charge in [0, 0.05) is 23.3 Å². The molecule has 1 N–H and O–H groups in total. The van der Waals surface area contributed by atoms with E-state index in [9.17, 15) is 13.2 Å². The first-order valence-corrected chi connectivity index (χ1v) is 5.90. The van der Waals surface area contributed by atoms with Gasteiger partial charge in [-0.1, -0.05) is 23.7 Å². The number of nitrogens with one attached hydrogen (secondary N) is 1. The summed E-state index contributed by atoms with van der Waals surface area (Å²) < 4.78 is 37.1. The Bertz CT molecular complexity index is 532. The minimum absolute atomic E-state index is 0.499. The lowest BCUT2D eigenvalue weighted by Crippen LogP contribution is -2.05. The van der Waals surface area contributed by atoms with E-state index in [0.29, 0.717) is 17.3 Å². The zero-order valence-corrected chi connectivity index (χ0v) is 10.5. The third kappa shape index (κ3) is 3.89. The molecule has 0 amide bonds. The molecule has 0 aliphatic rings. The van der Waals surface area contributed by atoms with Crippen LogP contribution in [0, 0.1) is 6.07 Å². The Balaban J connectivity index is 1.98. The largest absolute Gasteiger partial charge is 0.416 e. The maximum atomic E-state index is 12.4. The van der Waals surface area contributed by atoms with Crippen LogP contribution in [0.25, 0.3) is 0 Å². The molecule has 0 aromatic heterocycles. The first kappa shape index (κ1) is 13.7. The topological polar surface area (TPSA) is 12.0 Å². The number of halogens is 4. The summed E-state index contributed by atoms with van der Waals surface area (Å²) in [5, 5.41) is 3.64. The smallest absolute Gasteiger partial charge is 0.380 e. The summed E-state index contributed by atoms with van der Waals surface area (Å²) in [6.07, 6.45) is -4.33. The van der Waals surface area contributed by atoms with Gasteiger partial charge in [-0.25, -0.2) is 0 Å². The van der Waals surface area contributed by atoms with Gasteiger partial charge in [0.15, 0.2) is 0 Å². The van der Waals surface area contributed by atoms with Crippen molar-refractivity contribution >= 4 is 17.3 Å². The monoisotopic (exact) mass is 284 g/mol. The zero-order valence-electron chi connectivity index (χ0n) is 9.76. The van der Waals surface area contributed by atoms with Crippen LogP contribution in [0.4, 0.5) is 18.9 Å². The van der Waals surface area contributed by atoms with E-state index >= 15 is 0 Å². The van der Waals surface area contributed by atoms with E-state index in [1.54, 1.807) is 12.1 Å². The van der Waals surface area contributed by atoms with Crippen molar-refractivity contribution in [3.8, 4) is 0 Å². The zero-order chi connectivity index (χ0) is 13.9. The standard InChI is InChI=1S/C14H10ClF3N/c15-12-5-1-10(2-6-12)9-19-13-7-3-11(4-8-13)14(16,17)18/h1-7,19H,9H2. The van der Waals surface area contributed by atoms with Crippen molar-refractivity contribution in [3.05, 3.63) is 64.7 Å². The van der Waals surface area contributed by atoms with E-state index in [-0.39, 0.29) is 0 Å². The van der Waals surface area contributed by atoms with Crippen molar-refractivity contribution in [3.63, 3.8) is 0 Å². The van der Waals surface area contributed by atoms with Gasteiger partial charge >= 0.3 is 6.18 Å². The average molecular weight is 285 g/mol. The van der Waals surface area contributed by atoms with E-state index < -0.39 is 11.7 Å². The van der Waals surface area contributed by atoms with Gasteiger partial charge in [0.25, 0.3) is 0 Å². The van der Waals surface area contributed by atoms with E-state index in [1.807, 2.05) is 12.1 Å². The molecule has 0 unspecified atom stereocenters. The molecular weight excluding hydrogens is 275 g/mol. The quantitative estimate of drug-likeness (QED) is 0.856. The molecule has 0 bridgehead atoms. The van der Waals surface area contributed by atoms with Crippen LogP contribution in [-0.4, -0.2) is 0 Å². The second-order valence-electron chi connectivity index (χ2n) is 3.97. The maximum Gasteiger partial charge on any atom is 0.416 e. The van der Waals surface area contributed by atoms with Crippen LogP contribution >= 0.6 is 11.6 Å². The molecule has 0 fully saturated rings. The molecular formula is C14H10ClF3N. The van der Waals surface area contributed by atoms with Crippen LogP contribution < -0.4 is 5.32 Å². The first-order chi connectivity index (χ1) is 8.95. The van der Waals surface area contributed by atoms with Crippen molar-refractivity contribution in [2.75, 3.05) is 5.32 Å². The fourth-order valence-electron chi connectivity index (χ4n) is 1.51. The molecule has 19 heavy (non-hydrogen) atoms. The van der Waals surface area contributed by atoms with Crippen LogP contribution in [0.5, 0.6) is 0 Å². The van der Waals surface area contributed by atoms with Crippen LogP contribution in [-0.2, 0) is 12.7 Å². The Labute approximate surface area is 114 Å². The molecule has 0 aliphatic heterocycles. The van der Waals surface area contributed by atoms with Gasteiger partial charge in [0.05, 0.1) is 5.56 Å². The van der Waals surface area contributed by atoms with Gasteiger partial charge in [-0.3, -0.25) is 0 Å². The summed E-state index contributed by atoms with van der Waals surface area (Å²) in [5.41, 5.74) is 0.796. The van der Waals surface area contributed by atoms with Gasteiger partial charge in [0.2, 0.25) is 0 Å². The van der Waals surface area contributed by atoms with Crippen molar-refractivity contribution in [2.45, 2.75) is 12.7 Å². The average Bonchev–Trinajstić information content (AvgIpc) is 2.37. The fourth-order valence-corrected chi connectivity index (χ4v) is 1.64. The number of benzene rings is 2. The third-order valence-electron chi connectivity index (χ3n) is 2.54. The molecule has 0 saturated heterocycles. The Morgan fingerprint density at radius 2 is 1.74 bits per heavy atom. The molecule has 2 rings (SSSR count). The molecule has 0 spiro atoms. The number of rotatable bonds is 3. The Morgan fingerprint density at radius 3 is 2.26 bits per heavy atom. The number of hydrogen-bond acceptors (Lipinski definition) is 1. The molecule has 0 heterocycles. The van der Waals surface area contributed by atoms with Gasteiger partial charge in [0.1, 0.15) is 0 Å². The van der Waals surface area contributed by atoms with E-state index in [2.05, 4.69) is 11.4 Å². The molecule has 1 radical (unpaired) electrons. The molecule has 0 saturated carbocycles. The van der Waals surface area contributed by atoms with Gasteiger partial charge in [-0.2, -0.15) is 13.2 Å². The van der Waals surface area contributed by atoms with Crippen molar-refractivity contribution in [2.24, 2.45) is 0 Å². The van der Waals surface area contributed by atoms with Gasteiger partial charge in [-0.05, 0) is 35.9 Å². The lowest BCUT2D eigenvalue weighted by atomic mass is 10.2. The summed E-state index contributed by atoms with van der Waals surface area (Å²) in [6.45, 7) is 0.499. The molecule has 5 heteroatoms. The van der Waals surface area contributed by atoms with Crippen LogP contribution in [0.15, 0.2) is 42.5 Å². The van der Waals surface area contributed by atoms with Crippen LogP contribution in [0.1, 0.15) is 11.1 Å². The lowest BCUT2D eigenvalue weighted by molar-refractivity contribution is -0.137. The Morgan fingerprint density at radius 1 is 1.05 bits per heavy atom. The molecule has 0 atom stereocenters. The summed E-state index contributed by atoms with van der Waals surface area (Å²) in [6, 6.07) is 13.1. The Kier molecular flexibility index (Phi) is 4.00. The second-order valence-corrected chi connectivity index (χ2v) is 4.41. The van der Waals surface area contributed by atoms with Crippen LogP contribution in [0.2, 0.25) is 5.02 Å². The number of alkyl halides is 3. The molecule has 99 valence electrons. The molecule has 1 nitrogen and oxygen atoms in total. The summed E-state index contributed by atoms with van der Waals surface area (Å²) >= 11 is 5.76. The fraction of sp³-hybridized carbons (Fsp3) is 0.143. The summed E-state index contributed by atoms with van der Waals surface area (Å²) in [7, 11) is 0. The highest BCUT2D eigenvalue weighted by atomic mass is 35.5. The maximum absolute atomic E-state index is 12.4. The highest BCUT2D eigenvalue weighted by molar-refractivity contribution is 6.30. The van der Waals surface area contributed by atoms with E-state index in [1.165, 1.54) is 6.07 Å². The van der Waals surface area contributed by atoms with Gasteiger partial charge < -0.3 is 5.32 Å².